The molecule has 1 aromatic rings. The van der Waals surface area contributed by atoms with Crippen molar-refractivity contribution >= 4 is 21.6 Å². The molecule has 0 saturated heterocycles. The molecule has 0 atom stereocenters. The van der Waals surface area contributed by atoms with E-state index in [1.54, 1.807) is 0 Å². The van der Waals surface area contributed by atoms with Crippen molar-refractivity contribution in [2.75, 3.05) is 17.5 Å². The molecule has 0 spiro atoms. The average Bonchev–Trinajstić information content (AvgIpc) is 2.11. The van der Waals surface area contributed by atoms with E-state index in [-0.39, 0.29) is 5.69 Å². The van der Waals surface area contributed by atoms with E-state index >= 15 is 0 Å². The quantitative estimate of drug-likeness (QED) is 0.666. The highest BCUT2D eigenvalue weighted by atomic mass is 32.2. The lowest BCUT2D eigenvalue weighted by Gasteiger charge is -2.09. The van der Waals surface area contributed by atoms with Crippen LogP contribution in [0.3, 0.4) is 0 Å². The molecule has 0 aromatic heterocycles. The standard InChI is InChI=1S/C7H9F2N3O2S/c1-11-15(13,14)12-7-5(9)2-4(8)3-6(7)10/h2-3,11-12H,10H2,1H3. The van der Waals surface area contributed by atoms with Crippen molar-refractivity contribution in [2.45, 2.75) is 0 Å². The van der Waals surface area contributed by atoms with Crippen molar-refractivity contribution in [1.29, 1.82) is 0 Å². The van der Waals surface area contributed by atoms with Crippen molar-refractivity contribution < 1.29 is 17.2 Å². The summed E-state index contributed by atoms with van der Waals surface area (Å²) in [5.74, 6) is -1.95. The Morgan fingerprint density at radius 1 is 1.33 bits per heavy atom. The van der Waals surface area contributed by atoms with Crippen LogP contribution in [0.4, 0.5) is 20.2 Å². The van der Waals surface area contributed by atoms with Crippen LogP contribution in [0.2, 0.25) is 0 Å². The van der Waals surface area contributed by atoms with Crippen LogP contribution in [0.1, 0.15) is 0 Å². The van der Waals surface area contributed by atoms with Crippen LogP contribution in [0.25, 0.3) is 0 Å². The summed E-state index contributed by atoms with van der Waals surface area (Å²) >= 11 is 0. The highest BCUT2D eigenvalue weighted by molar-refractivity contribution is 7.90. The third-order valence-electron chi connectivity index (χ3n) is 1.59. The highest BCUT2D eigenvalue weighted by Gasteiger charge is 2.14. The molecule has 84 valence electrons. The Morgan fingerprint density at radius 2 is 1.93 bits per heavy atom. The van der Waals surface area contributed by atoms with Crippen LogP contribution in [-0.2, 0) is 10.2 Å². The van der Waals surface area contributed by atoms with Gasteiger partial charge in [-0.25, -0.2) is 13.5 Å². The summed E-state index contributed by atoms with van der Waals surface area (Å²) in [7, 11) is -2.73. The van der Waals surface area contributed by atoms with Crippen LogP contribution < -0.4 is 15.2 Å². The molecule has 4 N–H and O–H groups in total. The number of nitrogens with two attached hydrogens (primary N) is 1. The minimum Gasteiger partial charge on any atom is -0.397 e. The van der Waals surface area contributed by atoms with Gasteiger partial charge in [-0.2, -0.15) is 8.42 Å². The second-order valence-corrected chi connectivity index (χ2v) is 4.28. The maximum atomic E-state index is 13.1. The Balaban J connectivity index is 3.17. The van der Waals surface area contributed by atoms with E-state index in [9.17, 15) is 17.2 Å². The third-order valence-corrected chi connectivity index (χ3v) is 2.60. The van der Waals surface area contributed by atoms with Gasteiger partial charge in [0.1, 0.15) is 11.5 Å². The van der Waals surface area contributed by atoms with Gasteiger partial charge in [0, 0.05) is 13.1 Å². The van der Waals surface area contributed by atoms with E-state index < -0.39 is 27.5 Å². The summed E-state index contributed by atoms with van der Waals surface area (Å²) in [6.45, 7) is 0. The number of benzene rings is 1. The number of anilines is 2. The van der Waals surface area contributed by atoms with Crippen molar-refractivity contribution in [1.82, 2.24) is 4.72 Å². The van der Waals surface area contributed by atoms with E-state index in [4.69, 9.17) is 5.73 Å². The van der Waals surface area contributed by atoms with E-state index in [0.29, 0.717) is 6.07 Å². The summed E-state index contributed by atoms with van der Waals surface area (Å²) in [6.07, 6.45) is 0. The second kappa shape index (κ2) is 3.99. The molecule has 0 amide bonds. The van der Waals surface area contributed by atoms with Gasteiger partial charge in [-0.05, 0) is 6.07 Å². The molecule has 1 aromatic carbocycles. The number of nitrogens with one attached hydrogen (secondary N) is 2. The fourth-order valence-corrected chi connectivity index (χ4v) is 1.47. The summed E-state index contributed by atoms with van der Waals surface area (Å²) in [5, 5.41) is 0. The van der Waals surface area contributed by atoms with Crippen molar-refractivity contribution in [3.63, 3.8) is 0 Å². The molecular formula is C7H9F2N3O2S. The molecule has 0 aliphatic rings. The SMILES string of the molecule is CNS(=O)(=O)Nc1c(N)cc(F)cc1F. The Labute approximate surface area is 85.5 Å². The zero-order chi connectivity index (χ0) is 11.6. The molecule has 0 fully saturated rings. The highest BCUT2D eigenvalue weighted by Crippen LogP contribution is 2.24. The monoisotopic (exact) mass is 237 g/mol. The van der Waals surface area contributed by atoms with E-state index in [2.05, 4.69) is 0 Å². The van der Waals surface area contributed by atoms with Crippen LogP contribution in [0, 0.1) is 11.6 Å². The van der Waals surface area contributed by atoms with Crippen molar-refractivity contribution in [2.24, 2.45) is 0 Å². The number of nitrogen functional groups attached to an aromatic ring is 1. The smallest absolute Gasteiger partial charge is 0.299 e. The molecule has 1 rings (SSSR count). The van der Waals surface area contributed by atoms with Crippen LogP contribution in [0.15, 0.2) is 12.1 Å². The first-order chi connectivity index (χ1) is 6.85. The summed E-state index contributed by atoms with van der Waals surface area (Å²) < 4.78 is 51.5. The summed E-state index contributed by atoms with van der Waals surface area (Å²) in [5.41, 5.74) is 4.44. The van der Waals surface area contributed by atoms with E-state index in [1.165, 1.54) is 0 Å². The molecule has 0 aliphatic carbocycles. The molecule has 0 bridgehead atoms. The summed E-state index contributed by atoms with van der Waals surface area (Å²) in [4.78, 5) is 0. The lowest BCUT2D eigenvalue weighted by atomic mass is 10.2. The number of halogens is 2. The molecule has 5 nitrogen and oxygen atoms in total. The predicted octanol–water partition coefficient (Wildman–Crippen LogP) is 0.423. The first-order valence-corrected chi connectivity index (χ1v) is 5.30. The lowest BCUT2D eigenvalue weighted by molar-refractivity contribution is 0.581. The molecule has 0 heterocycles. The lowest BCUT2D eigenvalue weighted by Crippen LogP contribution is -2.27. The average molecular weight is 237 g/mol. The Bertz CT molecular complexity index is 452. The van der Waals surface area contributed by atoms with Gasteiger partial charge in [0.2, 0.25) is 0 Å². The van der Waals surface area contributed by atoms with E-state index in [1.807, 2.05) is 9.44 Å². The van der Waals surface area contributed by atoms with Crippen LogP contribution in [-0.4, -0.2) is 15.5 Å². The Hall–Kier alpha value is -1.41. The normalized spacial score (nSPS) is 11.4. The first kappa shape index (κ1) is 11.7. The number of hydrogen-bond donors (Lipinski definition) is 3. The molecule has 0 unspecified atom stereocenters. The molecular weight excluding hydrogens is 228 g/mol. The molecule has 0 aliphatic heterocycles. The van der Waals surface area contributed by atoms with E-state index in [0.717, 1.165) is 13.1 Å². The Morgan fingerprint density at radius 3 is 2.40 bits per heavy atom. The molecule has 0 radical (unpaired) electrons. The van der Waals surface area contributed by atoms with Crippen LogP contribution >= 0.6 is 0 Å². The van der Waals surface area contributed by atoms with Gasteiger partial charge < -0.3 is 5.73 Å². The predicted molar refractivity (Wildman–Crippen MR) is 52.4 cm³/mol. The van der Waals surface area contributed by atoms with Gasteiger partial charge >= 0.3 is 0 Å². The number of hydrogen-bond acceptors (Lipinski definition) is 3. The maximum absolute atomic E-state index is 13.1. The number of rotatable bonds is 3. The molecule has 0 saturated carbocycles. The van der Waals surface area contributed by atoms with Crippen molar-refractivity contribution in [3.05, 3.63) is 23.8 Å². The van der Waals surface area contributed by atoms with Crippen molar-refractivity contribution in [3.8, 4) is 0 Å². The maximum Gasteiger partial charge on any atom is 0.299 e. The van der Waals surface area contributed by atoms with Gasteiger partial charge in [0.15, 0.2) is 5.82 Å². The Kier molecular flexibility index (Phi) is 3.10. The van der Waals surface area contributed by atoms with Gasteiger partial charge in [-0.1, -0.05) is 0 Å². The fraction of sp³-hybridized carbons (Fsp3) is 0.143. The fourth-order valence-electron chi connectivity index (χ4n) is 0.887. The first-order valence-electron chi connectivity index (χ1n) is 3.81. The topological polar surface area (TPSA) is 84.2 Å². The van der Waals surface area contributed by atoms with Crippen LogP contribution in [0.5, 0.6) is 0 Å². The zero-order valence-corrected chi connectivity index (χ0v) is 8.53. The largest absolute Gasteiger partial charge is 0.397 e. The van der Waals surface area contributed by atoms with Gasteiger partial charge in [0.05, 0.1) is 5.69 Å². The van der Waals surface area contributed by atoms with Gasteiger partial charge in [0.25, 0.3) is 10.2 Å². The second-order valence-electron chi connectivity index (χ2n) is 2.66. The zero-order valence-electron chi connectivity index (χ0n) is 7.71. The van der Waals surface area contributed by atoms with Gasteiger partial charge in [-0.3, -0.25) is 4.72 Å². The molecule has 15 heavy (non-hydrogen) atoms. The third kappa shape index (κ3) is 2.77. The molecule has 8 heteroatoms. The minimum absolute atomic E-state index is 0.327. The van der Waals surface area contributed by atoms with Gasteiger partial charge in [-0.15, -0.1) is 0 Å². The minimum atomic E-state index is -3.87. The summed E-state index contributed by atoms with van der Waals surface area (Å²) in [6, 6.07) is 1.35.